The minimum Gasteiger partial charge on any atom is -0.291 e. The third-order valence-electron chi connectivity index (χ3n) is 0.732. The Labute approximate surface area is 56.3 Å². The second-order valence-electron chi connectivity index (χ2n) is 1.35. The average molecular weight is 155 g/mol. The summed E-state index contributed by atoms with van der Waals surface area (Å²) in [6.45, 7) is 1.42. The third kappa shape index (κ3) is 2.56. The smallest absolute Gasteiger partial charge is 0.228 e. The van der Waals surface area contributed by atoms with E-state index in [1.807, 2.05) is 0 Å². The van der Waals surface area contributed by atoms with Crippen LogP contribution in [0, 0.1) is 0 Å². The van der Waals surface area contributed by atoms with Crippen molar-refractivity contribution in [3.8, 4) is 0 Å². The maximum absolute atomic E-state index is 11.9. The first-order valence-corrected chi connectivity index (χ1v) is 2.71. The predicted octanol–water partition coefficient (Wildman–Crippen LogP) is 2.31. The maximum atomic E-state index is 11.9. The van der Waals surface area contributed by atoms with E-state index >= 15 is 0 Å². The van der Waals surface area contributed by atoms with E-state index in [1.54, 1.807) is 0 Å². The molecule has 0 aliphatic heterocycles. The predicted molar refractivity (Wildman–Crippen MR) is 30.4 cm³/mol. The third-order valence-corrected chi connectivity index (χ3v) is 0.898. The van der Waals surface area contributed by atoms with Crippen LogP contribution in [0.25, 0.3) is 0 Å². The van der Waals surface area contributed by atoms with Crippen LogP contribution in [-0.4, -0.2) is 5.78 Å². The summed E-state index contributed by atoms with van der Waals surface area (Å²) in [6.07, 6.45) is -0.0774. The van der Waals surface area contributed by atoms with Gasteiger partial charge >= 0.3 is 0 Å². The SMILES string of the molecule is CCC(=O)/C(F)=C(\F)Cl. The lowest BCUT2D eigenvalue weighted by molar-refractivity contribution is -0.116. The van der Waals surface area contributed by atoms with Crippen molar-refractivity contribution in [3.05, 3.63) is 11.1 Å². The van der Waals surface area contributed by atoms with Crippen LogP contribution in [0.15, 0.2) is 11.1 Å². The lowest BCUT2D eigenvalue weighted by Crippen LogP contribution is -1.95. The van der Waals surface area contributed by atoms with Gasteiger partial charge in [-0.3, -0.25) is 4.79 Å². The van der Waals surface area contributed by atoms with Crippen LogP contribution in [-0.2, 0) is 4.79 Å². The minimum absolute atomic E-state index is 0.0774. The molecule has 0 aromatic rings. The number of Topliss-reactive ketones (excluding diaryl/α,β-unsaturated/α-hetero) is 1. The molecular weight excluding hydrogens is 150 g/mol. The molecule has 0 aromatic carbocycles. The highest BCUT2D eigenvalue weighted by Crippen LogP contribution is 2.13. The standard InChI is InChI=1S/C5H5ClF2O/c1-2-3(9)4(7)5(6)8/h2H2,1H3/b5-4+. The molecule has 1 nitrogen and oxygen atoms in total. The van der Waals surface area contributed by atoms with Crippen LogP contribution in [0.3, 0.4) is 0 Å². The Kier molecular flexibility index (Phi) is 3.39. The summed E-state index contributed by atoms with van der Waals surface area (Å²) in [7, 11) is 0. The van der Waals surface area contributed by atoms with E-state index < -0.39 is 16.9 Å². The topological polar surface area (TPSA) is 17.1 Å². The van der Waals surface area contributed by atoms with Crippen LogP contribution < -0.4 is 0 Å². The van der Waals surface area contributed by atoms with Crippen molar-refractivity contribution in [1.29, 1.82) is 0 Å². The molecule has 0 aliphatic rings. The van der Waals surface area contributed by atoms with Crippen molar-refractivity contribution in [2.75, 3.05) is 0 Å². The molecule has 9 heavy (non-hydrogen) atoms. The fourth-order valence-corrected chi connectivity index (χ4v) is 0.366. The number of halogens is 3. The molecule has 0 atom stereocenters. The van der Waals surface area contributed by atoms with Gasteiger partial charge in [0.05, 0.1) is 0 Å². The lowest BCUT2D eigenvalue weighted by Gasteiger charge is -1.88. The number of hydrogen-bond donors (Lipinski definition) is 0. The summed E-state index contributed by atoms with van der Waals surface area (Å²) in [5, 5.41) is -1.57. The normalized spacial score (nSPS) is 12.9. The van der Waals surface area contributed by atoms with Crippen molar-refractivity contribution in [3.63, 3.8) is 0 Å². The molecule has 0 N–H and O–H groups in total. The highest BCUT2D eigenvalue weighted by atomic mass is 35.5. The van der Waals surface area contributed by atoms with Gasteiger partial charge in [-0.25, -0.2) is 0 Å². The van der Waals surface area contributed by atoms with Gasteiger partial charge in [-0.1, -0.05) is 6.92 Å². The van der Waals surface area contributed by atoms with Gasteiger partial charge in [-0.2, -0.15) is 8.78 Å². The first-order valence-electron chi connectivity index (χ1n) is 2.33. The quantitative estimate of drug-likeness (QED) is 0.558. The molecule has 0 rings (SSSR count). The van der Waals surface area contributed by atoms with Crippen LogP contribution >= 0.6 is 11.6 Å². The molecule has 0 aromatic heterocycles. The Bertz CT molecular complexity index is 149. The van der Waals surface area contributed by atoms with Crippen molar-refractivity contribution in [1.82, 2.24) is 0 Å². The van der Waals surface area contributed by atoms with Gasteiger partial charge in [-0.05, 0) is 11.6 Å². The van der Waals surface area contributed by atoms with E-state index in [4.69, 9.17) is 0 Å². The van der Waals surface area contributed by atoms with Crippen molar-refractivity contribution in [2.24, 2.45) is 0 Å². The van der Waals surface area contributed by atoms with E-state index in [0.717, 1.165) is 0 Å². The van der Waals surface area contributed by atoms with Crippen molar-refractivity contribution >= 4 is 17.4 Å². The zero-order chi connectivity index (χ0) is 7.44. The molecule has 0 heterocycles. The van der Waals surface area contributed by atoms with Gasteiger partial charge in [0.25, 0.3) is 0 Å². The largest absolute Gasteiger partial charge is 0.291 e. The average Bonchev–Trinajstić information content (AvgIpc) is 1.84. The molecule has 4 heteroatoms. The molecule has 0 spiro atoms. The van der Waals surface area contributed by atoms with Crippen molar-refractivity contribution < 1.29 is 13.6 Å². The molecule has 0 bridgehead atoms. The number of hydrogen-bond acceptors (Lipinski definition) is 1. The molecule has 0 saturated heterocycles. The van der Waals surface area contributed by atoms with Crippen LogP contribution in [0.2, 0.25) is 0 Å². The summed E-state index contributed by atoms with van der Waals surface area (Å²) in [6, 6.07) is 0. The second-order valence-corrected chi connectivity index (χ2v) is 1.68. The fourth-order valence-electron chi connectivity index (χ4n) is 0.261. The van der Waals surface area contributed by atoms with Gasteiger partial charge < -0.3 is 0 Å². The first-order chi connectivity index (χ1) is 4.09. The molecule has 0 radical (unpaired) electrons. The van der Waals surface area contributed by atoms with E-state index in [2.05, 4.69) is 11.6 Å². The van der Waals surface area contributed by atoms with Crippen molar-refractivity contribution in [2.45, 2.75) is 13.3 Å². The zero-order valence-corrected chi connectivity index (χ0v) is 5.51. The number of allylic oxidation sites excluding steroid dienone is 1. The fraction of sp³-hybridized carbons (Fsp3) is 0.400. The highest BCUT2D eigenvalue weighted by molar-refractivity contribution is 6.30. The lowest BCUT2D eigenvalue weighted by atomic mass is 10.3. The van der Waals surface area contributed by atoms with E-state index in [-0.39, 0.29) is 6.42 Å². The number of ketones is 1. The molecule has 0 unspecified atom stereocenters. The van der Waals surface area contributed by atoms with E-state index in [0.29, 0.717) is 0 Å². The Hall–Kier alpha value is -0.440. The summed E-state index contributed by atoms with van der Waals surface area (Å²) in [4.78, 5) is 10.2. The van der Waals surface area contributed by atoms with Gasteiger partial charge in [0, 0.05) is 6.42 Å². The summed E-state index contributed by atoms with van der Waals surface area (Å²) in [5.74, 6) is -2.40. The summed E-state index contributed by atoms with van der Waals surface area (Å²) >= 11 is 4.52. The van der Waals surface area contributed by atoms with E-state index in [9.17, 15) is 13.6 Å². The molecule has 52 valence electrons. The molecule has 0 aliphatic carbocycles. The number of rotatable bonds is 2. The van der Waals surface area contributed by atoms with Gasteiger partial charge in [0.2, 0.25) is 11.1 Å². The van der Waals surface area contributed by atoms with E-state index in [1.165, 1.54) is 6.92 Å². The maximum Gasteiger partial charge on any atom is 0.228 e. The highest BCUT2D eigenvalue weighted by Gasteiger charge is 2.10. The second kappa shape index (κ2) is 3.56. The Morgan fingerprint density at radius 1 is 1.56 bits per heavy atom. The van der Waals surface area contributed by atoms with Gasteiger partial charge in [0.15, 0.2) is 5.78 Å². The molecule has 0 amide bonds. The van der Waals surface area contributed by atoms with Gasteiger partial charge in [-0.15, -0.1) is 0 Å². The Morgan fingerprint density at radius 2 is 2.00 bits per heavy atom. The van der Waals surface area contributed by atoms with Gasteiger partial charge in [0.1, 0.15) is 0 Å². The molecular formula is C5H5ClF2O. The molecule has 0 saturated carbocycles. The van der Waals surface area contributed by atoms with Crippen LogP contribution in [0.4, 0.5) is 8.78 Å². The summed E-state index contributed by atoms with van der Waals surface area (Å²) < 4.78 is 23.5. The molecule has 0 fully saturated rings. The number of carbonyl (C=O) groups excluding carboxylic acids is 1. The number of carbonyl (C=O) groups is 1. The summed E-state index contributed by atoms with van der Waals surface area (Å²) in [5.41, 5.74) is 0. The van der Waals surface area contributed by atoms with Crippen LogP contribution in [0.5, 0.6) is 0 Å². The monoisotopic (exact) mass is 154 g/mol. The van der Waals surface area contributed by atoms with Crippen LogP contribution in [0.1, 0.15) is 13.3 Å². The Balaban J connectivity index is 4.21. The minimum atomic E-state index is -1.57. The Morgan fingerprint density at radius 3 is 2.11 bits per heavy atom. The zero-order valence-electron chi connectivity index (χ0n) is 4.75. The first kappa shape index (κ1) is 8.56.